The lowest BCUT2D eigenvalue weighted by Crippen LogP contribution is -2.68. The highest BCUT2D eigenvalue weighted by Gasteiger charge is 2.52. The molecular weight excluding hydrogens is 594 g/mol. The number of carbonyl (C=O) groups excluding carboxylic acids is 4. The number of unbranched alkanes of at least 4 members (excludes halogenated alkanes) is 2. The van der Waals surface area contributed by atoms with Gasteiger partial charge in [-0.25, -0.2) is 0 Å². The van der Waals surface area contributed by atoms with E-state index in [1.165, 1.54) is 21.0 Å². The summed E-state index contributed by atoms with van der Waals surface area (Å²) in [5, 5.41) is 49.4. The van der Waals surface area contributed by atoms with Crippen molar-refractivity contribution in [3.05, 3.63) is 0 Å². The van der Waals surface area contributed by atoms with Gasteiger partial charge in [0.15, 0.2) is 12.6 Å². The van der Waals surface area contributed by atoms with Gasteiger partial charge in [0.25, 0.3) is 0 Å². The fourth-order valence-electron chi connectivity index (χ4n) is 4.87. The van der Waals surface area contributed by atoms with Gasteiger partial charge < -0.3 is 69.5 Å². The summed E-state index contributed by atoms with van der Waals surface area (Å²) in [6.45, 7) is 4.68. The molecule has 2 fully saturated rings. The molecule has 2 aliphatic heterocycles. The van der Waals surface area contributed by atoms with Crippen LogP contribution in [0.2, 0.25) is 0 Å². The van der Waals surface area contributed by atoms with Crippen LogP contribution in [-0.2, 0) is 52.3 Å². The molecule has 0 saturated carbocycles. The minimum absolute atomic E-state index is 0.162. The molecule has 2 rings (SSSR count). The Morgan fingerprint density at radius 2 is 1.52 bits per heavy atom. The summed E-state index contributed by atoms with van der Waals surface area (Å²) in [6.07, 6.45) is -12.4. The second-order valence-corrected chi connectivity index (χ2v) is 10.3. The minimum atomic E-state index is -2.26. The molecule has 12 unspecified atom stereocenters. The molecule has 2 saturated heterocycles. The van der Waals surface area contributed by atoms with Crippen molar-refractivity contribution >= 4 is 25.2 Å². The van der Waals surface area contributed by atoms with Crippen LogP contribution in [-0.4, -0.2) is 139 Å². The normalized spacial score (nSPS) is 33.6. The van der Waals surface area contributed by atoms with Crippen LogP contribution in [0.1, 0.15) is 46.5 Å². The third kappa shape index (κ3) is 10.8. The molecule has 0 bridgehead atoms. The van der Waals surface area contributed by atoms with Gasteiger partial charge in [-0.3, -0.25) is 19.2 Å². The zero-order valence-electron chi connectivity index (χ0n) is 25.1. The van der Waals surface area contributed by atoms with E-state index in [0.29, 0.717) is 38.5 Å². The lowest BCUT2D eigenvalue weighted by molar-refractivity contribution is -0.367. The maximum absolute atomic E-state index is 11.4. The highest BCUT2D eigenvalue weighted by molar-refractivity contribution is 5.68. The molecule has 18 nitrogen and oxygen atoms in total. The molecule has 2 aliphatic rings. The molecule has 18 heteroatoms. The number of amides is 3. The van der Waals surface area contributed by atoms with E-state index in [-0.39, 0.29) is 19.0 Å². The predicted octanol–water partition coefficient (Wildman–Crippen LogP) is -3.31. The standard InChI is InChI=1S/C26H45N3O15/c1-13-17(28-11-31)19(34)22(44-26(23(36)37)42-15(3)27-10-30)25(41-13)43-21-18(29-12-32)14(2)40-24(20(21)35)39-9-7-5-6-8-16(33)38-4/h10-15,17-26,34-37H,5-9H2,1-4H3,(H,27,30)(H,28,31)(H,29,32). The molecule has 0 aromatic carbocycles. The smallest absolute Gasteiger partial charge is 0.305 e. The van der Waals surface area contributed by atoms with Crippen molar-refractivity contribution in [1.29, 1.82) is 0 Å². The first kappa shape index (κ1) is 37.7. The molecule has 254 valence electrons. The van der Waals surface area contributed by atoms with E-state index in [4.69, 9.17) is 28.4 Å². The zero-order chi connectivity index (χ0) is 32.8. The number of esters is 1. The van der Waals surface area contributed by atoms with E-state index >= 15 is 0 Å². The molecule has 3 amide bonds. The van der Waals surface area contributed by atoms with Crippen molar-refractivity contribution in [2.75, 3.05) is 13.7 Å². The number of carbonyl (C=O) groups is 4. The average Bonchev–Trinajstić information content (AvgIpc) is 2.98. The second kappa shape index (κ2) is 19.1. The lowest BCUT2D eigenvalue weighted by atomic mass is 9.94. The summed E-state index contributed by atoms with van der Waals surface area (Å²) >= 11 is 0. The van der Waals surface area contributed by atoms with Crippen molar-refractivity contribution in [3.8, 4) is 0 Å². The minimum Gasteiger partial charge on any atom is -0.469 e. The van der Waals surface area contributed by atoms with Gasteiger partial charge in [0.1, 0.15) is 30.6 Å². The number of hydrogen-bond donors (Lipinski definition) is 7. The van der Waals surface area contributed by atoms with Crippen molar-refractivity contribution < 1.29 is 72.8 Å². The van der Waals surface area contributed by atoms with Crippen molar-refractivity contribution in [3.63, 3.8) is 0 Å². The molecular formula is C26H45N3O15. The van der Waals surface area contributed by atoms with Crippen LogP contribution in [0.5, 0.6) is 0 Å². The molecule has 2 heterocycles. The first-order chi connectivity index (χ1) is 21.0. The Labute approximate surface area is 254 Å². The predicted molar refractivity (Wildman–Crippen MR) is 145 cm³/mol. The maximum atomic E-state index is 11.4. The lowest BCUT2D eigenvalue weighted by Gasteiger charge is -2.48. The number of hydrogen-bond acceptors (Lipinski definition) is 15. The van der Waals surface area contributed by atoms with Gasteiger partial charge in [-0.05, 0) is 33.6 Å². The van der Waals surface area contributed by atoms with Crippen LogP contribution in [0, 0.1) is 0 Å². The van der Waals surface area contributed by atoms with Gasteiger partial charge in [-0.1, -0.05) is 6.42 Å². The van der Waals surface area contributed by atoms with Crippen molar-refractivity contribution in [2.45, 2.75) is 127 Å². The Morgan fingerprint density at radius 3 is 2.14 bits per heavy atom. The van der Waals surface area contributed by atoms with Crippen LogP contribution in [0.25, 0.3) is 0 Å². The van der Waals surface area contributed by atoms with Gasteiger partial charge in [0, 0.05) is 13.0 Å². The summed E-state index contributed by atoms with van der Waals surface area (Å²) in [7, 11) is 1.31. The fourth-order valence-corrected chi connectivity index (χ4v) is 4.87. The number of rotatable bonds is 20. The summed E-state index contributed by atoms with van der Waals surface area (Å²) < 4.78 is 39.2. The first-order valence-corrected chi connectivity index (χ1v) is 14.3. The number of ether oxygens (including phenoxy) is 7. The number of nitrogens with one attached hydrogen (secondary N) is 3. The number of aliphatic hydroxyl groups is 4. The average molecular weight is 640 g/mol. The van der Waals surface area contributed by atoms with Crippen LogP contribution < -0.4 is 16.0 Å². The topological polar surface area (TPSA) is 250 Å². The highest BCUT2D eigenvalue weighted by Crippen LogP contribution is 2.31. The largest absolute Gasteiger partial charge is 0.469 e. The van der Waals surface area contributed by atoms with Crippen LogP contribution in [0.3, 0.4) is 0 Å². The van der Waals surface area contributed by atoms with Crippen LogP contribution in [0.4, 0.5) is 0 Å². The van der Waals surface area contributed by atoms with Gasteiger partial charge in [-0.2, -0.15) is 0 Å². The first-order valence-electron chi connectivity index (χ1n) is 14.3. The van der Waals surface area contributed by atoms with E-state index in [0.717, 1.165) is 0 Å². The van der Waals surface area contributed by atoms with Crippen LogP contribution >= 0.6 is 0 Å². The van der Waals surface area contributed by atoms with E-state index in [9.17, 15) is 39.6 Å². The monoisotopic (exact) mass is 639 g/mol. The highest BCUT2D eigenvalue weighted by atomic mass is 16.8. The Bertz CT molecular complexity index is 886. The van der Waals surface area contributed by atoms with E-state index in [1.807, 2.05) is 0 Å². The van der Waals surface area contributed by atoms with E-state index < -0.39 is 80.1 Å². The molecule has 44 heavy (non-hydrogen) atoms. The molecule has 0 aromatic rings. The van der Waals surface area contributed by atoms with E-state index in [2.05, 4.69) is 20.7 Å². The van der Waals surface area contributed by atoms with Gasteiger partial charge >= 0.3 is 5.97 Å². The zero-order valence-corrected chi connectivity index (χ0v) is 25.1. The third-order valence-electron chi connectivity index (χ3n) is 7.17. The maximum Gasteiger partial charge on any atom is 0.305 e. The SMILES string of the molecule is COC(=O)CCCCCOC1OC(C)C(NC=O)C(OC2OC(C)C(NC=O)C(O)C2OC(OC(C)NC=O)C(O)O)C1O. The van der Waals surface area contributed by atoms with E-state index in [1.54, 1.807) is 6.92 Å². The molecule has 0 spiro atoms. The Balaban J connectivity index is 2.25. The van der Waals surface area contributed by atoms with Gasteiger partial charge in [0.05, 0.1) is 31.4 Å². The third-order valence-corrected chi connectivity index (χ3v) is 7.17. The molecule has 7 N–H and O–H groups in total. The molecule has 0 aromatic heterocycles. The summed E-state index contributed by atoms with van der Waals surface area (Å²) in [6, 6.07) is -1.99. The van der Waals surface area contributed by atoms with Crippen molar-refractivity contribution in [2.24, 2.45) is 0 Å². The Kier molecular flexibility index (Phi) is 16.3. The molecule has 12 atom stereocenters. The second-order valence-electron chi connectivity index (χ2n) is 10.3. The molecule has 0 aliphatic carbocycles. The Hall–Kier alpha value is -2.52. The van der Waals surface area contributed by atoms with Gasteiger partial charge in [0.2, 0.25) is 31.8 Å². The fraction of sp³-hybridized carbons (Fsp3) is 0.846. The van der Waals surface area contributed by atoms with Crippen LogP contribution in [0.15, 0.2) is 0 Å². The summed E-state index contributed by atoms with van der Waals surface area (Å²) in [5.74, 6) is -0.321. The summed E-state index contributed by atoms with van der Waals surface area (Å²) in [4.78, 5) is 44.7. The van der Waals surface area contributed by atoms with Crippen molar-refractivity contribution in [1.82, 2.24) is 16.0 Å². The Morgan fingerprint density at radius 1 is 0.886 bits per heavy atom. The van der Waals surface area contributed by atoms with Gasteiger partial charge in [-0.15, -0.1) is 0 Å². The quantitative estimate of drug-likeness (QED) is 0.0298. The summed E-state index contributed by atoms with van der Waals surface area (Å²) in [5.41, 5.74) is 0. The molecule has 0 radical (unpaired) electrons. The number of aliphatic hydroxyl groups excluding tert-OH is 3. The number of methoxy groups -OCH3 is 1.